The van der Waals surface area contributed by atoms with Gasteiger partial charge in [-0.2, -0.15) is 0 Å². The molecule has 4 rings (SSSR count). The van der Waals surface area contributed by atoms with Crippen LogP contribution in [0, 0.1) is 0 Å². The molecule has 0 spiro atoms. The van der Waals surface area contributed by atoms with Gasteiger partial charge in [-0.05, 0) is 38.1 Å². The minimum atomic E-state index is 0.125. The summed E-state index contributed by atoms with van der Waals surface area (Å²) >= 11 is 0. The zero-order chi connectivity index (χ0) is 22.3. The molecule has 1 aromatic carbocycles. The highest BCUT2D eigenvalue weighted by Gasteiger charge is 2.28. The van der Waals surface area contributed by atoms with Crippen molar-refractivity contribution < 1.29 is 13.9 Å². The Balaban J connectivity index is 1.34. The smallest absolute Gasteiger partial charge is 0.236 e. The molecule has 3 aromatic rings. The molecule has 0 aliphatic carbocycles. The second-order valence-corrected chi connectivity index (χ2v) is 8.33. The number of para-hydroxylation sites is 1. The number of pyridine rings is 1. The lowest BCUT2D eigenvalue weighted by Gasteiger charge is -2.32. The average Bonchev–Trinajstić information content (AvgIpc) is 3.28. The quantitative estimate of drug-likeness (QED) is 0.540. The van der Waals surface area contributed by atoms with Crippen molar-refractivity contribution in [3.63, 3.8) is 0 Å². The Morgan fingerprint density at radius 3 is 2.88 bits per heavy atom. The van der Waals surface area contributed by atoms with Crippen LogP contribution in [-0.2, 0) is 17.8 Å². The van der Waals surface area contributed by atoms with Crippen LogP contribution in [-0.4, -0.2) is 59.5 Å². The highest BCUT2D eigenvalue weighted by Crippen LogP contribution is 2.28. The molecular formula is C25H30N4O3. The molecule has 0 N–H and O–H groups in total. The summed E-state index contributed by atoms with van der Waals surface area (Å²) < 4.78 is 11.5. The predicted octanol–water partition coefficient (Wildman–Crippen LogP) is 3.51. The minimum absolute atomic E-state index is 0.125. The number of carbonyl (C=O) groups is 1. The van der Waals surface area contributed by atoms with Crippen molar-refractivity contribution in [2.24, 2.45) is 0 Å². The number of benzene rings is 1. The molecule has 1 fully saturated rings. The van der Waals surface area contributed by atoms with Gasteiger partial charge in [0.1, 0.15) is 11.5 Å². The number of likely N-dealkylation sites (tertiary alicyclic amines) is 1. The van der Waals surface area contributed by atoms with Gasteiger partial charge in [-0.15, -0.1) is 0 Å². The second-order valence-electron chi connectivity index (χ2n) is 8.33. The van der Waals surface area contributed by atoms with Gasteiger partial charge in [0.2, 0.25) is 5.91 Å². The molecule has 1 aliphatic heterocycles. The van der Waals surface area contributed by atoms with E-state index in [1.54, 1.807) is 19.5 Å². The van der Waals surface area contributed by atoms with Crippen LogP contribution < -0.4 is 4.74 Å². The van der Waals surface area contributed by atoms with Gasteiger partial charge in [0.15, 0.2) is 5.89 Å². The number of oxazole rings is 1. The third-order valence-electron chi connectivity index (χ3n) is 5.82. The normalized spacial score (nSPS) is 16.3. The van der Waals surface area contributed by atoms with E-state index in [4.69, 9.17) is 9.15 Å². The maximum absolute atomic E-state index is 12.9. The van der Waals surface area contributed by atoms with Crippen LogP contribution in [0.2, 0.25) is 0 Å². The molecule has 7 heteroatoms. The molecule has 0 saturated carbocycles. The van der Waals surface area contributed by atoms with Crippen LogP contribution in [0.3, 0.4) is 0 Å². The molecule has 1 atom stereocenters. The minimum Gasteiger partial charge on any atom is -0.496 e. The molecule has 1 saturated heterocycles. The number of rotatable bonds is 8. The Labute approximate surface area is 189 Å². The first-order valence-corrected chi connectivity index (χ1v) is 11.0. The number of amides is 1. The lowest BCUT2D eigenvalue weighted by Crippen LogP contribution is -2.43. The molecular weight excluding hydrogens is 404 g/mol. The first-order valence-electron chi connectivity index (χ1n) is 11.0. The van der Waals surface area contributed by atoms with E-state index in [0.717, 1.165) is 42.2 Å². The predicted molar refractivity (Wildman–Crippen MR) is 121 cm³/mol. The second kappa shape index (κ2) is 10.4. The Hall–Kier alpha value is -3.19. The van der Waals surface area contributed by atoms with E-state index in [2.05, 4.69) is 9.97 Å². The fourth-order valence-electron chi connectivity index (χ4n) is 4.19. The molecule has 168 valence electrons. The standard InChI is InChI=1S/C25H30N4O3/c1-28(17-21-10-5-6-12-26-21)18-24(30)29-13-7-9-20(16-29)25-27-15-22(32-25)14-19-8-3-4-11-23(19)31-2/h3-6,8,10-12,15,20H,7,9,13-14,16-18H2,1-2H3. The van der Waals surface area contributed by atoms with Gasteiger partial charge >= 0.3 is 0 Å². The van der Waals surface area contributed by atoms with Crippen molar-refractivity contribution in [2.75, 3.05) is 33.8 Å². The fourth-order valence-corrected chi connectivity index (χ4v) is 4.19. The van der Waals surface area contributed by atoms with E-state index < -0.39 is 0 Å². The van der Waals surface area contributed by atoms with Crippen molar-refractivity contribution in [3.8, 4) is 5.75 Å². The topological polar surface area (TPSA) is 71.7 Å². The van der Waals surface area contributed by atoms with Crippen LogP contribution in [0.15, 0.2) is 59.3 Å². The molecule has 1 aliphatic rings. The van der Waals surface area contributed by atoms with Crippen molar-refractivity contribution in [2.45, 2.75) is 31.7 Å². The van der Waals surface area contributed by atoms with Crippen LogP contribution in [0.25, 0.3) is 0 Å². The monoisotopic (exact) mass is 434 g/mol. The van der Waals surface area contributed by atoms with Crippen molar-refractivity contribution in [1.29, 1.82) is 0 Å². The summed E-state index contributed by atoms with van der Waals surface area (Å²) in [4.78, 5) is 25.7. The highest BCUT2D eigenvalue weighted by atomic mass is 16.5. The van der Waals surface area contributed by atoms with Gasteiger partial charge in [-0.1, -0.05) is 24.3 Å². The van der Waals surface area contributed by atoms with E-state index in [9.17, 15) is 4.79 Å². The van der Waals surface area contributed by atoms with Crippen LogP contribution in [0.5, 0.6) is 5.75 Å². The fraction of sp³-hybridized carbons (Fsp3) is 0.400. The number of hydrogen-bond acceptors (Lipinski definition) is 6. The average molecular weight is 435 g/mol. The first kappa shape index (κ1) is 22.0. The van der Waals surface area contributed by atoms with Gasteiger partial charge in [0.05, 0.1) is 31.5 Å². The molecule has 7 nitrogen and oxygen atoms in total. The Morgan fingerprint density at radius 1 is 1.22 bits per heavy atom. The first-order chi connectivity index (χ1) is 15.6. The van der Waals surface area contributed by atoms with Crippen LogP contribution in [0.1, 0.15) is 41.7 Å². The van der Waals surface area contributed by atoms with Crippen LogP contribution in [0.4, 0.5) is 0 Å². The SMILES string of the molecule is COc1ccccc1Cc1cnc(C2CCCN(C(=O)CN(C)Cc3ccccn3)C2)o1. The highest BCUT2D eigenvalue weighted by molar-refractivity contribution is 5.78. The van der Waals surface area contributed by atoms with E-state index in [1.165, 1.54) is 0 Å². The molecule has 0 radical (unpaired) electrons. The molecule has 1 unspecified atom stereocenters. The number of nitrogens with zero attached hydrogens (tertiary/aromatic N) is 4. The summed E-state index contributed by atoms with van der Waals surface area (Å²) in [6.07, 6.45) is 6.12. The number of hydrogen-bond donors (Lipinski definition) is 0. The van der Waals surface area contributed by atoms with Gasteiger partial charge in [-0.3, -0.25) is 14.7 Å². The maximum Gasteiger partial charge on any atom is 0.236 e. The molecule has 3 heterocycles. The molecule has 32 heavy (non-hydrogen) atoms. The molecule has 1 amide bonds. The van der Waals surface area contributed by atoms with E-state index in [-0.39, 0.29) is 11.8 Å². The Kier molecular flexibility index (Phi) is 7.17. The summed E-state index contributed by atoms with van der Waals surface area (Å²) in [6, 6.07) is 13.8. The number of aromatic nitrogens is 2. The maximum atomic E-state index is 12.9. The lowest BCUT2D eigenvalue weighted by atomic mass is 9.98. The Morgan fingerprint density at radius 2 is 2.06 bits per heavy atom. The van der Waals surface area contributed by atoms with E-state index in [1.807, 2.05) is 59.3 Å². The third kappa shape index (κ3) is 5.53. The number of carbonyl (C=O) groups excluding carboxylic acids is 1. The van der Waals surface area contributed by atoms with Crippen LogP contribution >= 0.6 is 0 Å². The van der Waals surface area contributed by atoms with E-state index >= 15 is 0 Å². The van der Waals surface area contributed by atoms with Gasteiger partial charge in [0, 0.05) is 37.8 Å². The third-order valence-corrected chi connectivity index (χ3v) is 5.82. The molecule has 0 bridgehead atoms. The van der Waals surface area contributed by atoms with E-state index in [0.29, 0.717) is 31.9 Å². The van der Waals surface area contributed by atoms with Crippen molar-refractivity contribution in [3.05, 3.63) is 77.8 Å². The number of methoxy groups -OCH3 is 1. The number of ether oxygens (including phenoxy) is 1. The van der Waals surface area contributed by atoms with Crippen molar-refractivity contribution >= 4 is 5.91 Å². The summed E-state index contributed by atoms with van der Waals surface area (Å²) in [5.74, 6) is 2.63. The van der Waals surface area contributed by atoms with Gasteiger partial charge in [-0.25, -0.2) is 4.98 Å². The molecule has 2 aromatic heterocycles. The zero-order valence-corrected chi connectivity index (χ0v) is 18.7. The number of likely N-dealkylation sites (N-methyl/N-ethyl adjacent to an activating group) is 1. The Bertz CT molecular complexity index is 1020. The van der Waals surface area contributed by atoms with Gasteiger partial charge in [0.25, 0.3) is 0 Å². The summed E-state index contributed by atoms with van der Waals surface area (Å²) in [7, 11) is 3.62. The largest absolute Gasteiger partial charge is 0.496 e. The summed E-state index contributed by atoms with van der Waals surface area (Å²) in [5, 5.41) is 0. The lowest BCUT2D eigenvalue weighted by molar-refractivity contribution is -0.133. The summed E-state index contributed by atoms with van der Waals surface area (Å²) in [6.45, 7) is 2.44. The number of piperidine rings is 1. The van der Waals surface area contributed by atoms with Crippen molar-refractivity contribution in [1.82, 2.24) is 19.8 Å². The zero-order valence-electron chi connectivity index (χ0n) is 18.7. The summed E-state index contributed by atoms with van der Waals surface area (Å²) in [5.41, 5.74) is 2.02. The van der Waals surface area contributed by atoms with Gasteiger partial charge < -0.3 is 14.1 Å².